The molecule has 0 aliphatic carbocycles. The molecule has 0 saturated heterocycles. The van der Waals surface area contributed by atoms with Crippen LogP contribution in [0.1, 0.15) is 26.4 Å². The highest BCUT2D eigenvalue weighted by molar-refractivity contribution is 7.09. The molecule has 0 N–H and O–H groups in total. The third kappa shape index (κ3) is 3.89. The Hall–Kier alpha value is -2.46. The van der Waals surface area contributed by atoms with Crippen molar-refractivity contribution < 1.29 is 4.79 Å². The Balaban J connectivity index is 1.85. The summed E-state index contributed by atoms with van der Waals surface area (Å²) in [6.07, 6.45) is 1.78. The zero-order chi connectivity index (χ0) is 16.9. The number of hydrogen-bond donors (Lipinski definition) is 0. The highest BCUT2D eigenvalue weighted by Gasteiger charge is 2.17. The molecular weight excluding hydrogens is 316 g/mol. The lowest BCUT2D eigenvalue weighted by Crippen LogP contribution is -2.30. The number of aromatic nitrogens is 1. The van der Waals surface area contributed by atoms with Gasteiger partial charge in [0.15, 0.2) is 5.78 Å². The van der Waals surface area contributed by atoms with E-state index in [9.17, 15) is 4.79 Å². The molecule has 0 atom stereocenters. The minimum Gasteiger partial charge on any atom is -0.344 e. The van der Waals surface area contributed by atoms with Crippen LogP contribution in [-0.4, -0.2) is 17.3 Å². The summed E-state index contributed by atoms with van der Waals surface area (Å²) < 4.78 is 0. The van der Waals surface area contributed by atoms with Gasteiger partial charge in [-0.05, 0) is 36.9 Å². The van der Waals surface area contributed by atoms with Gasteiger partial charge in [-0.15, -0.1) is 11.3 Å². The largest absolute Gasteiger partial charge is 0.344 e. The Morgan fingerprint density at radius 1 is 1.08 bits per heavy atom. The summed E-state index contributed by atoms with van der Waals surface area (Å²) in [6.45, 7) is 5.06. The average molecular weight is 336 g/mol. The van der Waals surface area contributed by atoms with Crippen LogP contribution in [0.4, 0.5) is 5.82 Å². The summed E-state index contributed by atoms with van der Waals surface area (Å²) in [5, 5.41) is 2.06. The van der Waals surface area contributed by atoms with Crippen molar-refractivity contribution in [3.05, 3.63) is 81.7 Å². The van der Waals surface area contributed by atoms with Crippen LogP contribution in [0.15, 0.2) is 60.1 Å². The van der Waals surface area contributed by atoms with Crippen LogP contribution in [0.25, 0.3) is 0 Å². The van der Waals surface area contributed by atoms with Crippen molar-refractivity contribution in [3.63, 3.8) is 0 Å². The Labute approximate surface area is 146 Å². The Morgan fingerprint density at radius 2 is 1.88 bits per heavy atom. The molecule has 2 heterocycles. The van der Waals surface area contributed by atoms with Gasteiger partial charge in [-0.25, -0.2) is 4.98 Å². The maximum absolute atomic E-state index is 12.7. The predicted octanol–water partition coefficient (Wildman–Crippen LogP) is 4.65. The number of rotatable bonds is 6. The first kappa shape index (κ1) is 16.4. The molecule has 0 radical (unpaired) electrons. The molecule has 0 bridgehead atoms. The summed E-state index contributed by atoms with van der Waals surface area (Å²) in [4.78, 5) is 20.5. The maximum Gasteiger partial charge on any atom is 0.182 e. The molecule has 3 nitrogen and oxygen atoms in total. The standard InChI is InChI=1S/C20H20N2OS/c1-15-7-9-17(10-8-15)19(23)14-22(13-18-6-4-12-24-18)20-16(2)5-3-11-21-20/h3-12H,13-14H2,1-2H3. The molecule has 0 spiro atoms. The molecule has 3 aromatic rings. The van der Waals surface area contributed by atoms with Gasteiger partial charge in [0, 0.05) is 16.6 Å². The SMILES string of the molecule is Cc1ccc(C(=O)CN(Cc2cccs2)c2ncccc2C)cc1. The van der Waals surface area contributed by atoms with E-state index in [0.717, 1.165) is 22.5 Å². The van der Waals surface area contributed by atoms with E-state index < -0.39 is 0 Å². The normalized spacial score (nSPS) is 10.6. The molecule has 1 aromatic carbocycles. The Morgan fingerprint density at radius 3 is 2.54 bits per heavy atom. The topological polar surface area (TPSA) is 33.2 Å². The van der Waals surface area contributed by atoms with E-state index in [4.69, 9.17) is 0 Å². The zero-order valence-corrected chi connectivity index (χ0v) is 14.7. The Bertz CT molecular complexity index is 810. The highest BCUT2D eigenvalue weighted by atomic mass is 32.1. The number of thiophene rings is 1. The van der Waals surface area contributed by atoms with Crippen molar-refractivity contribution in [2.75, 3.05) is 11.4 Å². The van der Waals surface area contributed by atoms with E-state index in [2.05, 4.69) is 21.3 Å². The van der Waals surface area contributed by atoms with Crippen LogP contribution < -0.4 is 4.90 Å². The number of Topliss-reactive ketones (excluding diaryl/α,β-unsaturated/α-hetero) is 1. The van der Waals surface area contributed by atoms with Crippen molar-refractivity contribution in [3.8, 4) is 0 Å². The van der Waals surface area contributed by atoms with Crippen LogP contribution in [0.5, 0.6) is 0 Å². The minimum absolute atomic E-state index is 0.108. The van der Waals surface area contributed by atoms with Crippen molar-refractivity contribution >= 4 is 22.9 Å². The van der Waals surface area contributed by atoms with E-state index in [-0.39, 0.29) is 5.78 Å². The second-order valence-corrected chi connectivity index (χ2v) is 6.90. The van der Waals surface area contributed by atoms with E-state index >= 15 is 0 Å². The monoisotopic (exact) mass is 336 g/mol. The molecule has 24 heavy (non-hydrogen) atoms. The lowest BCUT2D eigenvalue weighted by atomic mass is 10.1. The summed E-state index contributed by atoms with van der Waals surface area (Å²) in [6, 6.07) is 15.8. The summed E-state index contributed by atoms with van der Waals surface area (Å²) in [5.41, 5.74) is 2.97. The second-order valence-electron chi connectivity index (χ2n) is 5.87. The van der Waals surface area contributed by atoms with Gasteiger partial charge in [0.25, 0.3) is 0 Å². The number of carbonyl (C=O) groups is 1. The fourth-order valence-corrected chi connectivity index (χ4v) is 3.33. The van der Waals surface area contributed by atoms with Gasteiger partial charge in [0.2, 0.25) is 0 Å². The van der Waals surface area contributed by atoms with Gasteiger partial charge < -0.3 is 4.90 Å². The molecule has 0 amide bonds. The van der Waals surface area contributed by atoms with Gasteiger partial charge in [0.05, 0.1) is 13.1 Å². The van der Waals surface area contributed by atoms with Crippen LogP contribution in [0, 0.1) is 13.8 Å². The van der Waals surface area contributed by atoms with Crippen molar-refractivity contribution in [2.24, 2.45) is 0 Å². The number of pyridine rings is 1. The van der Waals surface area contributed by atoms with E-state index in [1.807, 2.05) is 56.3 Å². The van der Waals surface area contributed by atoms with Crippen LogP contribution >= 0.6 is 11.3 Å². The fourth-order valence-electron chi connectivity index (χ4n) is 2.61. The lowest BCUT2D eigenvalue weighted by molar-refractivity contribution is 0.0998. The molecule has 0 saturated carbocycles. The van der Waals surface area contributed by atoms with Crippen LogP contribution in [0.3, 0.4) is 0 Å². The third-order valence-electron chi connectivity index (χ3n) is 3.92. The number of carbonyl (C=O) groups excluding carboxylic acids is 1. The maximum atomic E-state index is 12.7. The number of ketones is 1. The van der Waals surface area contributed by atoms with Gasteiger partial charge in [-0.2, -0.15) is 0 Å². The molecular formula is C20H20N2OS. The predicted molar refractivity (Wildman–Crippen MR) is 99.9 cm³/mol. The molecule has 0 aliphatic rings. The summed E-state index contributed by atoms with van der Waals surface area (Å²) in [7, 11) is 0. The first-order chi connectivity index (χ1) is 11.6. The second kappa shape index (κ2) is 7.41. The van der Waals surface area contributed by atoms with Crippen molar-refractivity contribution in [1.82, 2.24) is 4.98 Å². The Kier molecular flexibility index (Phi) is 5.06. The van der Waals surface area contributed by atoms with Crippen LogP contribution in [0.2, 0.25) is 0 Å². The first-order valence-corrected chi connectivity index (χ1v) is 8.80. The quantitative estimate of drug-likeness (QED) is 0.614. The van der Waals surface area contributed by atoms with Gasteiger partial charge >= 0.3 is 0 Å². The average Bonchev–Trinajstić information content (AvgIpc) is 3.08. The lowest BCUT2D eigenvalue weighted by Gasteiger charge is -2.24. The molecule has 3 rings (SSSR count). The molecule has 0 unspecified atom stereocenters. The van der Waals surface area contributed by atoms with Crippen molar-refractivity contribution in [1.29, 1.82) is 0 Å². The highest BCUT2D eigenvalue weighted by Crippen LogP contribution is 2.21. The van der Waals surface area contributed by atoms with E-state index in [0.29, 0.717) is 13.1 Å². The van der Waals surface area contributed by atoms with Gasteiger partial charge in [-0.1, -0.05) is 42.0 Å². The number of benzene rings is 1. The smallest absolute Gasteiger partial charge is 0.182 e. The number of nitrogens with zero attached hydrogens (tertiary/aromatic N) is 2. The number of hydrogen-bond acceptors (Lipinski definition) is 4. The summed E-state index contributed by atoms with van der Waals surface area (Å²) >= 11 is 1.70. The van der Waals surface area contributed by atoms with E-state index in [1.54, 1.807) is 17.5 Å². The molecule has 0 fully saturated rings. The van der Waals surface area contributed by atoms with Gasteiger partial charge in [-0.3, -0.25) is 4.79 Å². The molecule has 2 aromatic heterocycles. The molecule has 122 valence electrons. The van der Waals surface area contributed by atoms with Gasteiger partial charge in [0.1, 0.15) is 5.82 Å². The summed E-state index contributed by atoms with van der Waals surface area (Å²) in [5.74, 6) is 0.975. The molecule has 4 heteroatoms. The van der Waals surface area contributed by atoms with Crippen molar-refractivity contribution in [2.45, 2.75) is 20.4 Å². The molecule has 0 aliphatic heterocycles. The fraction of sp³-hybridized carbons (Fsp3) is 0.200. The third-order valence-corrected chi connectivity index (χ3v) is 4.78. The zero-order valence-electron chi connectivity index (χ0n) is 13.9. The first-order valence-electron chi connectivity index (χ1n) is 7.92. The number of anilines is 1. The number of aryl methyl sites for hydroxylation is 2. The van der Waals surface area contributed by atoms with E-state index in [1.165, 1.54) is 4.88 Å². The van der Waals surface area contributed by atoms with Crippen LogP contribution in [-0.2, 0) is 6.54 Å². The minimum atomic E-state index is 0.108.